The Morgan fingerprint density at radius 3 is 2.13 bits per heavy atom. The lowest BCUT2D eigenvalue weighted by molar-refractivity contribution is 0.591. The zero-order valence-corrected chi connectivity index (χ0v) is 11.0. The molecular formula is C14H21Cl. The summed E-state index contributed by atoms with van der Waals surface area (Å²) in [5, 5.41) is 0. The van der Waals surface area contributed by atoms with Crippen molar-refractivity contribution in [3.63, 3.8) is 0 Å². The first kappa shape index (κ1) is 12.6. The van der Waals surface area contributed by atoms with Crippen molar-refractivity contribution in [3.05, 3.63) is 34.4 Å². The van der Waals surface area contributed by atoms with Gasteiger partial charge in [-0.1, -0.05) is 24.6 Å². The van der Waals surface area contributed by atoms with E-state index in [0.29, 0.717) is 5.92 Å². The maximum absolute atomic E-state index is 5.82. The molecule has 0 radical (unpaired) electrons. The molecule has 84 valence electrons. The van der Waals surface area contributed by atoms with Crippen LogP contribution in [-0.2, 0) is 6.42 Å². The lowest BCUT2D eigenvalue weighted by atomic mass is 9.94. The Morgan fingerprint density at radius 2 is 1.67 bits per heavy atom. The van der Waals surface area contributed by atoms with Crippen LogP contribution in [0.3, 0.4) is 0 Å². The fourth-order valence-electron chi connectivity index (χ4n) is 2.07. The average molecular weight is 225 g/mol. The van der Waals surface area contributed by atoms with Crippen LogP contribution in [0.15, 0.2) is 12.1 Å². The Hall–Kier alpha value is -0.490. The summed E-state index contributed by atoms with van der Waals surface area (Å²) in [6.07, 6.45) is 2.35. The smallest absolute Gasteiger partial charge is 0.0249 e. The monoisotopic (exact) mass is 224 g/mol. The van der Waals surface area contributed by atoms with Crippen LogP contribution in [0.5, 0.6) is 0 Å². The maximum atomic E-state index is 5.82. The van der Waals surface area contributed by atoms with E-state index in [0.717, 1.165) is 12.3 Å². The maximum Gasteiger partial charge on any atom is 0.0249 e. The molecule has 0 aliphatic rings. The van der Waals surface area contributed by atoms with Gasteiger partial charge in [-0.25, -0.2) is 0 Å². The third-order valence-corrected chi connectivity index (χ3v) is 3.52. The van der Waals surface area contributed by atoms with Crippen molar-refractivity contribution in [3.8, 4) is 0 Å². The van der Waals surface area contributed by atoms with Crippen molar-refractivity contribution in [1.82, 2.24) is 0 Å². The molecule has 0 nitrogen and oxygen atoms in total. The summed E-state index contributed by atoms with van der Waals surface area (Å²) in [6, 6.07) is 4.54. The van der Waals surface area contributed by atoms with Crippen molar-refractivity contribution in [1.29, 1.82) is 0 Å². The van der Waals surface area contributed by atoms with Gasteiger partial charge in [0.05, 0.1) is 0 Å². The van der Waals surface area contributed by atoms with Crippen LogP contribution in [0.2, 0.25) is 0 Å². The van der Waals surface area contributed by atoms with Crippen molar-refractivity contribution >= 4 is 11.6 Å². The fraction of sp³-hybridized carbons (Fsp3) is 0.571. The summed E-state index contributed by atoms with van der Waals surface area (Å²) in [4.78, 5) is 0. The Kier molecular flexibility index (Phi) is 4.66. The molecule has 1 aromatic rings. The summed E-state index contributed by atoms with van der Waals surface area (Å²) < 4.78 is 0. The number of alkyl halides is 1. The SMILES string of the molecule is Cc1cc(C)c(CCC(C)CCl)c(C)c1. The van der Waals surface area contributed by atoms with Crippen LogP contribution in [-0.4, -0.2) is 5.88 Å². The first-order valence-electron chi connectivity index (χ1n) is 5.67. The highest BCUT2D eigenvalue weighted by Gasteiger charge is 2.06. The summed E-state index contributed by atoms with van der Waals surface area (Å²) in [6.45, 7) is 8.79. The molecule has 0 aliphatic carbocycles. The van der Waals surface area contributed by atoms with Gasteiger partial charge in [0, 0.05) is 5.88 Å². The normalized spacial score (nSPS) is 12.9. The Labute approximate surface area is 98.7 Å². The number of benzene rings is 1. The summed E-state index contributed by atoms with van der Waals surface area (Å²) in [7, 11) is 0. The highest BCUT2D eigenvalue weighted by atomic mass is 35.5. The molecule has 0 fully saturated rings. The van der Waals surface area contributed by atoms with Crippen LogP contribution < -0.4 is 0 Å². The van der Waals surface area contributed by atoms with Crippen molar-refractivity contribution in [2.45, 2.75) is 40.5 Å². The van der Waals surface area contributed by atoms with Crippen LogP contribution in [0, 0.1) is 26.7 Å². The molecule has 0 bridgehead atoms. The molecule has 1 heteroatoms. The summed E-state index contributed by atoms with van der Waals surface area (Å²) in [5.74, 6) is 1.39. The zero-order valence-electron chi connectivity index (χ0n) is 10.2. The molecule has 0 N–H and O–H groups in total. The van der Waals surface area contributed by atoms with E-state index in [1.54, 1.807) is 0 Å². The van der Waals surface area contributed by atoms with Crippen molar-refractivity contribution in [2.24, 2.45) is 5.92 Å². The standard InChI is InChI=1S/C14H21Cl/c1-10(9-15)5-6-14-12(3)7-11(2)8-13(14)4/h7-8,10H,5-6,9H2,1-4H3. The minimum atomic E-state index is 0.617. The Morgan fingerprint density at radius 1 is 1.13 bits per heavy atom. The number of halogens is 1. The van der Waals surface area contributed by atoms with E-state index in [2.05, 4.69) is 39.8 Å². The minimum absolute atomic E-state index is 0.617. The summed E-state index contributed by atoms with van der Waals surface area (Å²) in [5.41, 5.74) is 5.72. The number of aryl methyl sites for hydroxylation is 3. The molecule has 0 spiro atoms. The van der Waals surface area contributed by atoms with Gasteiger partial charge in [-0.05, 0) is 56.2 Å². The largest absolute Gasteiger partial charge is 0.126 e. The molecule has 0 amide bonds. The van der Waals surface area contributed by atoms with E-state index in [9.17, 15) is 0 Å². The summed E-state index contributed by atoms with van der Waals surface area (Å²) >= 11 is 5.82. The van der Waals surface area contributed by atoms with Gasteiger partial charge in [0.25, 0.3) is 0 Å². The Balaban J connectivity index is 2.77. The van der Waals surface area contributed by atoms with E-state index in [1.165, 1.54) is 28.7 Å². The van der Waals surface area contributed by atoms with Gasteiger partial charge >= 0.3 is 0 Å². The molecule has 15 heavy (non-hydrogen) atoms. The third-order valence-electron chi connectivity index (χ3n) is 2.99. The predicted molar refractivity (Wildman–Crippen MR) is 68.9 cm³/mol. The highest BCUT2D eigenvalue weighted by Crippen LogP contribution is 2.20. The topological polar surface area (TPSA) is 0 Å². The molecule has 0 aliphatic heterocycles. The van der Waals surface area contributed by atoms with Crippen molar-refractivity contribution < 1.29 is 0 Å². The van der Waals surface area contributed by atoms with Gasteiger partial charge < -0.3 is 0 Å². The molecule has 1 rings (SSSR count). The van der Waals surface area contributed by atoms with Crippen molar-refractivity contribution in [2.75, 3.05) is 5.88 Å². The third kappa shape index (κ3) is 3.53. The molecule has 0 saturated heterocycles. The van der Waals surface area contributed by atoms with Gasteiger partial charge in [0.2, 0.25) is 0 Å². The van der Waals surface area contributed by atoms with E-state index in [-0.39, 0.29) is 0 Å². The molecule has 1 unspecified atom stereocenters. The first-order chi connectivity index (χ1) is 7.04. The van der Waals surface area contributed by atoms with Gasteiger partial charge in [0.15, 0.2) is 0 Å². The fourth-order valence-corrected chi connectivity index (χ4v) is 2.23. The van der Waals surface area contributed by atoms with E-state index in [4.69, 9.17) is 11.6 Å². The molecule has 0 aromatic heterocycles. The van der Waals surface area contributed by atoms with Crippen LogP contribution >= 0.6 is 11.6 Å². The first-order valence-corrected chi connectivity index (χ1v) is 6.20. The average Bonchev–Trinajstić information content (AvgIpc) is 2.15. The lowest BCUT2D eigenvalue weighted by Crippen LogP contribution is -2.02. The second-order valence-corrected chi connectivity index (χ2v) is 4.98. The number of hydrogen-bond acceptors (Lipinski definition) is 0. The molecule has 0 heterocycles. The van der Waals surface area contributed by atoms with Gasteiger partial charge in [0.1, 0.15) is 0 Å². The number of rotatable bonds is 4. The Bertz CT molecular complexity index is 305. The van der Waals surface area contributed by atoms with E-state index in [1.807, 2.05) is 0 Å². The van der Waals surface area contributed by atoms with Crippen LogP contribution in [0.25, 0.3) is 0 Å². The molecule has 1 atom stereocenters. The molecule has 0 saturated carbocycles. The van der Waals surface area contributed by atoms with Crippen LogP contribution in [0.1, 0.15) is 35.6 Å². The lowest BCUT2D eigenvalue weighted by Gasteiger charge is -2.13. The number of hydrogen-bond donors (Lipinski definition) is 0. The van der Waals surface area contributed by atoms with Gasteiger partial charge in [-0.15, -0.1) is 11.6 Å². The highest BCUT2D eigenvalue weighted by molar-refractivity contribution is 6.18. The van der Waals surface area contributed by atoms with Crippen LogP contribution in [0.4, 0.5) is 0 Å². The zero-order chi connectivity index (χ0) is 11.4. The van der Waals surface area contributed by atoms with E-state index < -0.39 is 0 Å². The predicted octanol–water partition coefficient (Wildman–Crippen LogP) is 4.42. The quantitative estimate of drug-likeness (QED) is 0.665. The van der Waals surface area contributed by atoms with Gasteiger partial charge in [-0.3, -0.25) is 0 Å². The molecule has 1 aromatic carbocycles. The van der Waals surface area contributed by atoms with Gasteiger partial charge in [-0.2, -0.15) is 0 Å². The molecular weight excluding hydrogens is 204 g/mol. The minimum Gasteiger partial charge on any atom is -0.126 e. The van der Waals surface area contributed by atoms with E-state index >= 15 is 0 Å². The second kappa shape index (κ2) is 5.55. The second-order valence-electron chi connectivity index (χ2n) is 4.68.